The van der Waals surface area contributed by atoms with Crippen molar-refractivity contribution in [1.29, 1.82) is 5.26 Å². The van der Waals surface area contributed by atoms with Crippen molar-refractivity contribution in [2.75, 3.05) is 0 Å². The first-order chi connectivity index (χ1) is 6.60. The third kappa shape index (κ3) is 6.47. The van der Waals surface area contributed by atoms with E-state index < -0.39 is 5.97 Å². The van der Waals surface area contributed by atoms with Crippen molar-refractivity contribution in [2.24, 2.45) is 11.8 Å². The van der Waals surface area contributed by atoms with Gasteiger partial charge in [-0.25, -0.2) is 0 Å². The van der Waals surface area contributed by atoms with Crippen LogP contribution in [0.25, 0.3) is 0 Å². The molecule has 0 aliphatic rings. The summed E-state index contributed by atoms with van der Waals surface area (Å²) in [4.78, 5) is 10.4. The molecule has 0 aromatic carbocycles. The topological polar surface area (TPSA) is 61.1 Å². The first-order valence-corrected chi connectivity index (χ1v) is 5.21. The molecule has 0 spiro atoms. The lowest BCUT2D eigenvalue weighted by molar-refractivity contribution is -0.137. The van der Waals surface area contributed by atoms with Crippen LogP contribution in [0.4, 0.5) is 0 Å². The second-order valence-corrected chi connectivity index (χ2v) is 3.91. The summed E-state index contributed by atoms with van der Waals surface area (Å²) < 4.78 is 0. The number of nitrogens with zero attached hydrogens (tertiary/aromatic N) is 1. The molecule has 0 bridgehead atoms. The van der Waals surface area contributed by atoms with Crippen molar-refractivity contribution in [3.05, 3.63) is 0 Å². The third-order valence-corrected chi connectivity index (χ3v) is 2.34. The number of hydrogen-bond donors (Lipinski definition) is 1. The van der Waals surface area contributed by atoms with E-state index in [0.29, 0.717) is 12.3 Å². The SMILES string of the molecule is CCCC[C@@H](C)C[C@@H](C#N)CC(=O)O. The van der Waals surface area contributed by atoms with E-state index in [-0.39, 0.29) is 12.3 Å². The van der Waals surface area contributed by atoms with Gasteiger partial charge in [0.05, 0.1) is 18.4 Å². The quantitative estimate of drug-likeness (QED) is 0.682. The molecule has 1 N–H and O–H groups in total. The zero-order valence-corrected chi connectivity index (χ0v) is 8.99. The maximum absolute atomic E-state index is 10.4. The first kappa shape index (κ1) is 13.0. The van der Waals surface area contributed by atoms with Crippen molar-refractivity contribution in [3.63, 3.8) is 0 Å². The van der Waals surface area contributed by atoms with Crippen molar-refractivity contribution in [1.82, 2.24) is 0 Å². The fourth-order valence-electron chi connectivity index (χ4n) is 1.55. The second kappa shape index (κ2) is 7.37. The monoisotopic (exact) mass is 197 g/mol. The maximum atomic E-state index is 10.4. The highest BCUT2D eigenvalue weighted by atomic mass is 16.4. The van der Waals surface area contributed by atoms with E-state index in [1.807, 2.05) is 0 Å². The highest BCUT2D eigenvalue weighted by Crippen LogP contribution is 2.19. The second-order valence-electron chi connectivity index (χ2n) is 3.91. The highest BCUT2D eigenvalue weighted by Gasteiger charge is 2.15. The number of carboxylic acids is 1. The largest absolute Gasteiger partial charge is 0.481 e. The molecular formula is C11H19NO2. The molecule has 3 heteroatoms. The molecule has 3 nitrogen and oxygen atoms in total. The Kier molecular flexibility index (Phi) is 6.82. The number of unbranched alkanes of at least 4 members (excludes halogenated alkanes) is 1. The summed E-state index contributed by atoms with van der Waals surface area (Å²) in [6, 6.07) is 2.06. The van der Waals surface area contributed by atoms with E-state index in [4.69, 9.17) is 10.4 Å². The molecule has 0 fully saturated rings. The predicted octanol–water partition coefficient (Wildman–Crippen LogP) is 2.82. The smallest absolute Gasteiger partial charge is 0.304 e. The molecule has 2 atom stereocenters. The van der Waals surface area contributed by atoms with Gasteiger partial charge >= 0.3 is 5.97 Å². The van der Waals surface area contributed by atoms with Gasteiger partial charge in [0.1, 0.15) is 0 Å². The van der Waals surface area contributed by atoms with Crippen molar-refractivity contribution in [2.45, 2.75) is 46.0 Å². The molecular weight excluding hydrogens is 178 g/mol. The number of rotatable bonds is 7. The summed E-state index contributed by atoms with van der Waals surface area (Å²) in [5.41, 5.74) is 0. The van der Waals surface area contributed by atoms with Crippen LogP contribution in [0.5, 0.6) is 0 Å². The molecule has 80 valence electrons. The molecule has 0 amide bonds. The average Bonchev–Trinajstić information content (AvgIpc) is 2.12. The standard InChI is InChI=1S/C11H19NO2/c1-3-4-5-9(2)6-10(8-12)7-11(13)14/h9-10H,3-7H2,1-2H3,(H,13,14)/t9-,10-/m1/s1. The van der Waals surface area contributed by atoms with Gasteiger partial charge in [-0.3, -0.25) is 4.79 Å². The lowest BCUT2D eigenvalue weighted by atomic mass is 9.91. The van der Waals surface area contributed by atoms with Crippen molar-refractivity contribution in [3.8, 4) is 6.07 Å². The Morgan fingerprint density at radius 1 is 1.57 bits per heavy atom. The number of aliphatic carboxylic acids is 1. The molecule has 0 radical (unpaired) electrons. The van der Waals surface area contributed by atoms with Gasteiger partial charge in [-0.05, 0) is 12.3 Å². The van der Waals surface area contributed by atoms with Crippen LogP contribution in [-0.4, -0.2) is 11.1 Å². The van der Waals surface area contributed by atoms with Crippen LogP contribution in [0.3, 0.4) is 0 Å². The van der Waals surface area contributed by atoms with Gasteiger partial charge in [0.15, 0.2) is 0 Å². The molecule has 0 rings (SSSR count). The Morgan fingerprint density at radius 3 is 2.64 bits per heavy atom. The minimum atomic E-state index is -0.876. The fraction of sp³-hybridized carbons (Fsp3) is 0.818. The lowest BCUT2D eigenvalue weighted by Gasteiger charge is -2.13. The van der Waals surface area contributed by atoms with Crippen LogP contribution in [-0.2, 0) is 4.79 Å². The number of nitriles is 1. The minimum absolute atomic E-state index is 0.0209. The minimum Gasteiger partial charge on any atom is -0.481 e. The van der Waals surface area contributed by atoms with Crippen molar-refractivity contribution < 1.29 is 9.90 Å². The van der Waals surface area contributed by atoms with Crippen LogP contribution in [0.1, 0.15) is 46.0 Å². The Hall–Kier alpha value is -1.04. The molecule has 0 aromatic rings. The van der Waals surface area contributed by atoms with Crippen LogP contribution in [0, 0.1) is 23.2 Å². The summed E-state index contributed by atoms with van der Waals surface area (Å²) in [6.07, 6.45) is 4.09. The predicted molar refractivity (Wildman–Crippen MR) is 54.7 cm³/mol. The van der Waals surface area contributed by atoms with Gasteiger partial charge in [-0.2, -0.15) is 5.26 Å². The molecule has 0 aliphatic carbocycles. The van der Waals surface area contributed by atoms with Crippen LogP contribution in [0.2, 0.25) is 0 Å². The maximum Gasteiger partial charge on any atom is 0.304 e. The highest BCUT2D eigenvalue weighted by molar-refractivity contribution is 5.67. The first-order valence-electron chi connectivity index (χ1n) is 5.21. The molecule has 0 heterocycles. The van der Waals surface area contributed by atoms with E-state index >= 15 is 0 Å². The van der Waals surface area contributed by atoms with Gasteiger partial charge in [0, 0.05) is 0 Å². The van der Waals surface area contributed by atoms with Gasteiger partial charge in [0.2, 0.25) is 0 Å². The molecule has 0 saturated carbocycles. The number of carbonyl (C=O) groups is 1. The third-order valence-electron chi connectivity index (χ3n) is 2.34. The zero-order valence-electron chi connectivity index (χ0n) is 8.99. The Bertz CT molecular complexity index is 208. The van der Waals surface area contributed by atoms with Crippen molar-refractivity contribution >= 4 is 5.97 Å². The average molecular weight is 197 g/mol. The zero-order chi connectivity index (χ0) is 11.0. The summed E-state index contributed by atoms with van der Waals surface area (Å²) >= 11 is 0. The number of carboxylic acid groups (broad SMARTS) is 1. The van der Waals surface area contributed by atoms with Crippen LogP contribution in [0.15, 0.2) is 0 Å². The summed E-state index contributed by atoms with van der Waals surface area (Å²) in [5.74, 6) is -0.738. The van der Waals surface area contributed by atoms with E-state index in [9.17, 15) is 4.79 Å². The lowest BCUT2D eigenvalue weighted by Crippen LogP contribution is -2.10. The normalized spacial score (nSPS) is 14.4. The fourth-order valence-corrected chi connectivity index (χ4v) is 1.55. The van der Waals surface area contributed by atoms with Gasteiger partial charge in [-0.15, -0.1) is 0 Å². The Labute approximate surface area is 85.7 Å². The molecule has 0 aromatic heterocycles. The van der Waals surface area contributed by atoms with E-state index in [1.165, 1.54) is 0 Å². The summed E-state index contributed by atoms with van der Waals surface area (Å²) in [6.45, 7) is 4.22. The summed E-state index contributed by atoms with van der Waals surface area (Å²) in [7, 11) is 0. The molecule has 0 saturated heterocycles. The summed E-state index contributed by atoms with van der Waals surface area (Å²) in [5, 5.41) is 17.3. The van der Waals surface area contributed by atoms with Gasteiger partial charge < -0.3 is 5.11 Å². The molecule has 0 aliphatic heterocycles. The Morgan fingerprint density at radius 2 is 2.21 bits per heavy atom. The van der Waals surface area contributed by atoms with Gasteiger partial charge in [0.25, 0.3) is 0 Å². The molecule has 14 heavy (non-hydrogen) atoms. The number of hydrogen-bond acceptors (Lipinski definition) is 2. The molecule has 0 unspecified atom stereocenters. The van der Waals surface area contributed by atoms with Crippen LogP contribution >= 0.6 is 0 Å². The van der Waals surface area contributed by atoms with E-state index in [0.717, 1.165) is 19.3 Å². The van der Waals surface area contributed by atoms with Gasteiger partial charge in [-0.1, -0.05) is 33.1 Å². The van der Waals surface area contributed by atoms with E-state index in [2.05, 4.69) is 19.9 Å². The van der Waals surface area contributed by atoms with E-state index in [1.54, 1.807) is 0 Å². The van der Waals surface area contributed by atoms with Crippen LogP contribution < -0.4 is 0 Å². The Balaban J connectivity index is 3.81.